The Balaban J connectivity index is 1.89. The first-order valence-corrected chi connectivity index (χ1v) is 8.30. The Hall–Kier alpha value is -1.25. The number of allylic oxidation sites excluding steroid dienone is 2. The monoisotopic (exact) mass is 302 g/mol. The Morgan fingerprint density at radius 3 is 2.90 bits per heavy atom. The van der Waals surface area contributed by atoms with E-state index in [1.165, 1.54) is 36.0 Å². The van der Waals surface area contributed by atoms with E-state index >= 15 is 0 Å². The molecule has 0 atom stereocenters. The molecular weight excluding hydrogens is 280 g/mol. The van der Waals surface area contributed by atoms with E-state index in [0.29, 0.717) is 0 Å². The van der Waals surface area contributed by atoms with Gasteiger partial charge in [0.15, 0.2) is 0 Å². The fraction of sp³-hybridized carbons (Fsp3) is 0.444. The predicted molar refractivity (Wildman–Crippen MR) is 90.3 cm³/mol. The second-order valence-corrected chi connectivity index (χ2v) is 6.35. The van der Waals surface area contributed by atoms with Gasteiger partial charge in [0, 0.05) is 29.9 Å². The SMILES string of the molecule is CCCNCC1=C(C2CC2)C(c2cccc(Cl)c2)=CNC1. The van der Waals surface area contributed by atoms with Crippen LogP contribution in [0.25, 0.3) is 5.57 Å². The Bertz CT molecular complexity index is 570. The lowest BCUT2D eigenvalue weighted by atomic mass is 9.89. The third kappa shape index (κ3) is 3.50. The first-order valence-electron chi connectivity index (χ1n) is 7.92. The van der Waals surface area contributed by atoms with Crippen LogP contribution in [0.4, 0.5) is 0 Å². The van der Waals surface area contributed by atoms with Crippen molar-refractivity contribution >= 4 is 17.2 Å². The minimum Gasteiger partial charge on any atom is -0.387 e. The third-order valence-corrected chi connectivity index (χ3v) is 4.35. The number of dihydropyridines is 1. The standard InChI is InChI=1S/C18H23ClN2/c1-2-8-20-10-15-11-21-12-17(18(15)13-6-7-13)14-4-3-5-16(19)9-14/h3-5,9,12-13,20-21H,2,6-8,10-11H2,1H3. The van der Waals surface area contributed by atoms with Gasteiger partial charge in [0.1, 0.15) is 0 Å². The molecule has 0 radical (unpaired) electrons. The minimum atomic E-state index is 0.746. The highest BCUT2D eigenvalue weighted by atomic mass is 35.5. The fourth-order valence-electron chi connectivity index (χ4n) is 2.99. The van der Waals surface area contributed by atoms with Crippen molar-refractivity contribution in [2.45, 2.75) is 26.2 Å². The molecule has 1 aliphatic heterocycles. The highest BCUT2D eigenvalue weighted by Gasteiger charge is 2.32. The molecule has 0 aromatic heterocycles. The molecule has 21 heavy (non-hydrogen) atoms. The number of hydrogen-bond donors (Lipinski definition) is 2. The van der Waals surface area contributed by atoms with Crippen molar-refractivity contribution in [1.82, 2.24) is 10.6 Å². The van der Waals surface area contributed by atoms with Crippen molar-refractivity contribution in [3.63, 3.8) is 0 Å². The van der Waals surface area contributed by atoms with E-state index in [2.05, 4.69) is 35.9 Å². The Morgan fingerprint density at radius 1 is 1.33 bits per heavy atom. The number of nitrogens with one attached hydrogen (secondary N) is 2. The number of benzene rings is 1. The molecule has 0 amide bonds. The smallest absolute Gasteiger partial charge is 0.0412 e. The zero-order valence-electron chi connectivity index (χ0n) is 12.6. The quantitative estimate of drug-likeness (QED) is 0.776. The van der Waals surface area contributed by atoms with Gasteiger partial charge in [-0.05, 0) is 60.6 Å². The summed E-state index contributed by atoms with van der Waals surface area (Å²) in [6, 6.07) is 8.20. The van der Waals surface area contributed by atoms with Gasteiger partial charge in [-0.25, -0.2) is 0 Å². The van der Waals surface area contributed by atoms with E-state index in [-0.39, 0.29) is 0 Å². The van der Waals surface area contributed by atoms with Crippen LogP contribution >= 0.6 is 11.6 Å². The molecule has 0 saturated heterocycles. The number of hydrogen-bond acceptors (Lipinski definition) is 2. The van der Waals surface area contributed by atoms with Crippen LogP contribution in [0.15, 0.2) is 41.6 Å². The molecule has 1 aromatic carbocycles. The van der Waals surface area contributed by atoms with Crippen molar-refractivity contribution < 1.29 is 0 Å². The van der Waals surface area contributed by atoms with Crippen LogP contribution in [0, 0.1) is 5.92 Å². The van der Waals surface area contributed by atoms with Crippen LogP contribution in [0.3, 0.4) is 0 Å². The molecule has 112 valence electrons. The highest BCUT2D eigenvalue weighted by Crippen LogP contribution is 2.45. The normalized spacial score (nSPS) is 18.5. The van der Waals surface area contributed by atoms with Crippen LogP contribution in [0.2, 0.25) is 5.02 Å². The maximum atomic E-state index is 6.17. The van der Waals surface area contributed by atoms with Gasteiger partial charge in [0.05, 0.1) is 0 Å². The summed E-state index contributed by atoms with van der Waals surface area (Å²) < 4.78 is 0. The fourth-order valence-corrected chi connectivity index (χ4v) is 3.18. The molecular formula is C18H23ClN2. The summed E-state index contributed by atoms with van der Waals surface area (Å²) in [5, 5.41) is 7.79. The van der Waals surface area contributed by atoms with E-state index in [1.54, 1.807) is 5.57 Å². The van der Waals surface area contributed by atoms with Crippen molar-refractivity contribution in [1.29, 1.82) is 0 Å². The van der Waals surface area contributed by atoms with Gasteiger partial charge in [0.2, 0.25) is 0 Å². The van der Waals surface area contributed by atoms with Crippen molar-refractivity contribution in [2.75, 3.05) is 19.6 Å². The van der Waals surface area contributed by atoms with Crippen LogP contribution in [-0.4, -0.2) is 19.6 Å². The highest BCUT2D eigenvalue weighted by molar-refractivity contribution is 6.30. The van der Waals surface area contributed by atoms with E-state index in [9.17, 15) is 0 Å². The molecule has 0 unspecified atom stereocenters. The van der Waals surface area contributed by atoms with Gasteiger partial charge in [-0.3, -0.25) is 0 Å². The molecule has 3 rings (SSSR count). The molecule has 3 heteroatoms. The zero-order valence-corrected chi connectivity index (χ0v) is 13.3. The Labute approximate surface area is 132 Å². The lowest BCUT2D eigenvalue weighted by molar-refractivity contribution is 0.689. The van der Waals surface area contributed by atoms with E-state index in [1.807, 2.05) is 12.1 Å². The first kappa shape index (κ1) is 14.7. The number of rotatable bonds is 6. The van der Waals surface area contributed by atoms with E-state index in [4.69, 9.17) is 11.6 Å². The molecule has 1 heterocycles. The molecule has 2 N–H and O–H groups in total. The first-order chi connectivity index (χ1) is 10.3. The van der Waals surface area contributed by atoms with Crippen molar-refractivity contribution in [3.8, 4) is 0 Å². The topological polar surface area (TPSA) is 24.1 Å². The predicted octanol–water partition coefficient (Wildman–Crippen LogP) is 3.99. The molecule has 1 aliphatic carbocycles. The third-order valence-electron chi connectivity index (χ3n) is 4.12. The van der Waals surface area contributed by atoms with E-state index < -0.39 is 0 Å². The zero-order chi connectivity index (χ0) is 14.7. The molecule has 2 nitrogen and oxygen atoms in total. The summed E-state index contributed by atoms with van der Waals surface area (Å²) in [5.41, 5.74) is 5.63. The second-order valence-electron chi connectivity index (χ2n) is 5.92. The van der Waals surface area contributed by atoms with Gasteiger partial charge in [-0.2, -0.15) is 0 Å². The van der Waals surface area contributed by atoms with Crippen LogP contribution in [0.5, 0.6) is 0 Å². The molecule has 1 saturated carbocycles. The van der Waals surface area contributed by atoms with Crippen LogP contribution in [0.1, 0.15) is 31.7 Å². The summed E-state index contributed by atoms with van der Waals surface area (Å²) in [6.07, 6.45) is 5.99. The molecule has 2 aliphatic rings. The molecule has 0 bridgehead atoms. The molecule has 1 fully saturated rings. The van der Waals surface area contributed by atoms with Gasteiger partial charge < -0.3 is 10.6 Å². The van der Waals surface area contributed by atoms with E-state index in [0.717, 1.165) is 30.6 Å². The van der Waals surface area contributed by atoms with Crippen LogP contribution < -0.4 is 10.6 Å². The van der Waals surface area contributed by atoms with Crippen molar-refractivity contribution in [2.24, 2.45) is 5.92 Å². The Kier molecular flexibility index (Phi) is 4.67. The number of halogens is 1. The summed E-state index contributed by atoms with van der Waals surface area (Å²) in [6.45, 7) is 5.24. The Morgan fingerprint density at radius 2 is 2.19 bits per heavy atom. The maximum absolute atomic E-state index is 6.17. The minimum absolute atomic E-state index is 0.746. The van der Waals surface area contributed by atoms with Crippen molar-refractivity contribution in [3.05, 3.63) is 52.2 Å². The van der Waals surface area contributed by atoms with Gasteiger partial charge >= 0.3 is 0 Å². The summed E-state index contributed by atoms with van der Waals surface area (Å²) in [4.78, 5) is 0. The van der Waals surface area contributed by atoms with Crippen LogP contribution in [-0.2, 0) is 0 Å². The summed E-state index contributed by atoms with van der Waals surface area (Å²) in [5.74, 6) is 0.746. The van der Waals surface area contributed by atoms with Gasteiger partial charge in [-0.15, -0.1) is 0 Å². The molecule has 1 aromatic rings. The lowest BCUT2D eigenvalue weighted by Crippen LogP contribution is -2.27. The van der Waals surface area contributed by atoms with Gasteiger partial charge in [0.25, 0.3) is 0 Å². The van der Waals surface area contributed by atoms with Gasteiger partial charge in [-0.1, -0.05) is 30.7 Å². The lowest BCUT2D eigenvalue weighted by Gasteiger charge is -2.24. The maximum Gasteiger partial charge on any atom is 0.0412 e. The average molecular weight is 303 g/mol. The average Bonchev–Trinajstić information content (AvgIpc) is 3.32. The summed E-state index contributed by atoms with van der Waals surface area (Å²) >= 11 is 6.17. The second kappa shape index (κ2) is 6.67. The summed E-state index contributed by atoms with van der Waals surface area (Å²) in [7, 11) is 0. The molecule has 0 spiro atoms. The largest absolute Gasteiger partial charge is 0.387 e.